The van der Waals surface area contributed by atoms with Crippen LogP contribution in [0.25, 0.3) is 6.08 Å². The zero-order valence-corrected chi connectivity index (χ0v) is 10.6. The summed E-state index contributed by atoms with van der Waals surface area (Å²) in [6.07, 6.45) is 2.91. The molecule has 0 unspecified atom stereocenters. The van der Waals surface area contributed by atoms with Gasteiger partial charge in [-0.25, -0.2) is 5.84 Å². The van der Waals surface area contributed by atoms with Gasteiger partial charge in [0.1, 0.15) is 5.70 Å². The van der Waals surface area contributed by atoms with E-state index in [9.17, 15) is 9.59 Å². The molecular weight excluding hydrogens is 266 g/mol. The van der Waals surface area contributed by atoms with Gasteiger partial charge in [0, 0.05) is 4.88 Å². The molecule has 0 aliphatic rings. The fourth-order valence-electron chi connectivity index (χ4n) is 1.34. The van der Waals surface area contributed by atoms with Crippen LogP contribution < -0.4 is 16.6 Å². The molecule has 0 fully saturated rings. The number of carbonyl (C=O) groups excluding carboxylic acids is 2. The summed E-state index contributed by atoms with van der Waals surface area (Å²) in [5, 5.41) is 4.31. The second kappa shape index (κ2) is 5.98. The molecule has 2 rings (SSSR count). The number of hydrogen-bond acceptors (Lipinski definition) is 5. The van der Waals surface area contributed by atoms with E-state index in [1.165, 1.54) is 29.7 Å². The summed E-state index contributed by atoms with van der Waals surface area (Å²) in [4.78, 5) is 24.2. The Balaban J connectivity index is 2.20. The molecule has 2 heterocycles. The number of furan rings is 1. The summed E-state index contributed by atoms with van der Waals surface area (Å²) >= 11 is 1.43. The molecule has 2 aromatic rings. The van der Waals surface area contributed by atoms with Crippen molar-refractivity contribution in [2.24, 2.45) is 5.84 Å². The number of nitrogens with one attached hydrogen (secondary N) is 2. The predicted molar refractivity (Wildman–Crippen MR) is 70.8 cm³/mol. The SMILES string of the molecule is NNC(=O)/C(=C\c1cccs1)NC(=O)c1ccco1. The van der Waals surface area contributed by atoms with Crippen LogP contribution in [0.1, 0.15) is 15.4 Å². The number of rotatable bonds is 4. The van der Waals surface area contributed by atoms with Gasteiger partial charge < -0.3 is 9.73 Å². The van der Waals surface area contributed by atoms with Crippen molar-refractivity contribution >= 4 is 29.2 Å². The van der Waals surface area contributed by atoms with Crippen molar-refractivity contribution in [3.8, 4) is 0 Å². The first-order chi connectivity index (χ1) is 9.20. The lowest BCUT2D eigenvalue weighted by Crippen LogP contribution is -2.38. The van der Waals surface area contributed by atoms with E-state index in [0.717, 1.165) is 4.88 Å². The van der Waals surface area contributed by atoms with Crippen LogP contribution in [0.4, 0.5) is 0 Å². The Labute approximate surface area is 112 Å². The molecule has 0 aliphatic heterocycles. The molecule has 6 nitrogen and oxygen atoms in total. The number of nitrogens with two attached hydrogens (primary N) is 1. The molecule has 2 aromatic heterocycles. The van der Waals surface area contributed by atoms with Crippen LogP contribution in [0.15, 0.2) is 46.0 Å². The summed E-state index contributed by atoms with van der Waals surface area (Å²) in [5.74, 6) is 4.09. The third kappa shape index (κ3) is 3.30. The van der Waals surface area contributed by atoms with Gasteiger partial charge in [-0.3, -0.25) is 15.0 Å². The number of hydrogen-bond donors (Lipinski definition) is 3. The smallest absolute Gasteiger partial charge is 0.291 e. The fourth-order valence-corrected chi connectivity index (χ4v) is 2.00. The molecule has 2 amide bonds. The number of hydrazine groups is 1. The monoisotopic (exact) mass is 277 g/mol. The van der Waals surface area contributed by atoms with Gasteiger partial charge in [0.15, 0.2) is 5.76 Å². The van der Waals surface area contributed by atoms with E-state index in [1.54, 1.807) is 6.07 Å². The van der Waals surface area contributed by atoms with Crippen molar-refractivity contribution in [2.45, 2.75) is 0 Å². The van der Waals surface area contributed by atoms with Gasteiger partial charge in [-0.2, -0.15) is 0 Å². The van der Waals surface area contributed by atoms with Crippen LogP contribution >= 0.6 is 11.3 Å². The maximum Gasteiger partial charge on any atom is 0.291 e. The van der Waals surface area contributed by atoms with E-state index in [1.807, 2.05) is 22.9 Å². The van der Waals surface area contributed by atoms with Gasteiger partial charge in [0.2, 0.25) is 0 Å². The number of thiophene rings is 1. The van der Waals surface area contributed by atoms with Crippen LogP contribution in [0.3, 0.4) is 0 Å². The maximum absolute atomic E-state index is 11.8. The number of amides is 2. The van der Waals surface area contributed by atoms with Gasteiger partial charge in [0.25, 0.3) is 11.8 Å². The first-order valence-corrected chi connectivity index (χ1v) is 6.19. The summed E-state index contributed by atoms with van der Waals surface area (Å²) in [7, 11) is 0. The zero-order valence-electron chi connectivity index (χ0n) is 9.75. The molecule has 0 bridgehead atoms. The van der Waals surface area contributed by atoms with E-state index in [2.05, 4.69) is 5.32 Å². The molecule has 0 aromatic carbocycles. The highest BCUT2D eigenvalue weighted by Gasteiger charge is 2.15. The lowest BCUT2D eigenvalue weighted by molar-refractivity contribution is -0.117. The van der Waals surface area contributed by atoms with Crippen molar-refractivity contribution < 1.29 is 14.0 Å². The van der Waals surface area contributed by atoms with E-state index >= 15 is 0 Å². The second-order valence-corrected chi connectivity index (χ2v) is 4.46. The average molecular weight is 277 g/mol. The Morgan fingerprint density at radius 2 is 2.16 bits per heavy atom. The standard InChI is InChI=1S/C12H11N3O3S/c13-15-11(16)9(7-8-3-2-6-19-8)14-12(17)10-4-1-5-18-10/h1-7H,13H2,(H,14,17)(H,15,16)/b9-7+. The van der Waals surface area contributed by atoms with Crippen molar-refractivity contribution in [3.63, 3.8) is 0 Å². The Morgan fingerprint density at radius 1 is 1.32 bits per heavy atom. The molecule has 4 N–H and O–H groups in total. The topological polar surface area (TPSA) is 97.4 Å². The second-order valence-electron chi connectivity index (χ2n) is 3.48. The molecule has 0 atom stereocenters. The minimum Gasteiger partial charge on any atom is -0.459 e. The number of carbonyl (C=O) groups is 2. The molecule has 0 spiro atoms. The Bertz CT molecular complexity index is 588. The molecule has 19 heavy (non-hydrogen) atoms. The van der Waals surface area contributed by atoms with Crippen LogP contribution in [0, 0.1) is 0 Å². The van der Waals surface area contributed by atoms with Crippen LogP contribution in [-0.2, 0) is 4.79 Å². The summed E-state index contributed by atoms with van der Waals surface area (Å²) in [6, 6.07) is 6.73. The Kier molecular flexibility index (Phi) is 4.11. The van der Waals surface area contributed by atoms with Gasteiger partial charge in [-0.1, -0.05) is 6.07 Å². The van der Waals surface area contributed by atoms with E-state index < -0.39 is 11.8 Å². The normalized spacial score (nSPS) is 11.1. The quantitative estimate of drug-likeness (QED) is 0.337. The Morgan fingerprint density at radius 3 is 2.74 bits per heavy atom. The predicted octanol–water partition coefficient (Wildman–Crippen LogP) is 1.10. The largest absolute Gasteiger partial charge is 0.459 e. The molecule has 7 heteroatoms. The van der Waals surface area contributed by atoms with Gasteiger partial charge in [-0.05, 0) is 29.7 Å². The third-order valence-electron chi connectivity index (χ3n) is 2.20. The average Bonchev–Trinajstić information content (AvgIpc) is 3.09. The van der Waals surface area contributed by atoms with Gasteiger partial charge >= 0.3 is 0 Å². The van der Waals surface area contributed by atoms with Crippen LogP contribution in [0.5, 0.6) is 0 Å². The highest BCUT2D eigenvalue weighted by molar-refractivity contribution is 7.10. The lowest BCUT2D eigenvalue weighted by atomic mass is 10.3. The van der Waals surface area contributed by atoms with Crippen molar-refractivity contribution in [1.82, 2.24) is 10.7 Å². The van der Waals surface area contributed by atoms with Gasteiger partial charge in [-0.15, -0.1) is 11.3 Å². The maximum atomic E-state index is 11.8. The lowest BCUT2D eigenvalue weighted by Gasteiger charge is -2.06. The first kappa shape index (κ1) is 13.1. The van der Waals surface area contributed by atoms with Crippen molar-refractivity contribution in [1.29, 1.82) is 0 Å². The van der Waals surface area contributed by atoms with Crippen molar-refractivity contribution in [3.05, 3.63) is 52.2 Å². The highest BCUT2D eigenvalue weighted by atomic mass is 32.1. The molecule has 98 valence electrons. The van der Waals surface area contributed by atoms with Crippen LogP contribution in [-0.4, -0.2) is 11.8 Å². The molecule has 0 radical (unpaired) electrons. The molecule has 0 saturated carbocycles. The minimum absolute atomic E-state index is 0.0475. The minimum atomic E-state index is -0.590. The molecule has 0 saturated heterocycles. The van der Waals surface area contributed by atoms with Gasteiger partial charge in [0.05, 0.1) is 6.26 Å². The molecule has 0 aliphatic carbocycles. The zero-order chi connectivity index (χ0) is 13.7. The van der Waals surface area contributed by atoms with Crippen molar-refractivity contribution in [2.75, 3.05) is 0 Å². The van der Waals surface area contributed by atoms with E-state index in [0.29, 0.717) is 0 Å². The summed E-state index contributed by atoms with van der Waals surface area (Å²) in [6.45, 7) is 0. The Hall–Kier alpha value is -2.38. The fraction of sp³-hybridized carbons (Fsp3) is 0. The molecular formula is C12H11N3O3S. The summed E-state index contributed by atoms with van der Waals surface area (Å²) in [5.41, 5.74) is 2.03. The summed E-state index contributed by atoms with van der Waals surface area (Å²) < 4.78 is 4.95. The van der Waals surface area contributed by atoms with Crippen LogP contribution in [0.2, 0.25) is 0 Å². The highest BCUT2D eigenvalue weighted by Crippen LogP contribution is 2.13. The third-order valence-corrected chi connectivity index (χ3v) is 3.02. The first-order valence-electron chi connectivity index (χ1n) is 5.31. The van der Waals surface area contributed by atoms with E-state index in [-0.39, 0.29) is 11.5 Å². The van der Waals surface area contributed by atoms with E-state index in [4.69, 9.17) is 10.3 Å².